The second-order valence-corrected chi connectivity index (χ2v) is 6.43. The Morgan fingerprint density at radius 3 is 2.33 bits per heavy atom. The fourth-order valence-electron chi connectivity index (χ4n) is 2.87. The highest BCUT2D eigenvalue weighted by Crippen LogP contribution is 2.05. The topological polar surface area (TPSA) is 81.9 Å². The van der Waals surface area contributed by atoms with Gasteiger partial charge in [-0.05, 0) is 12.6 Å². The van der Waals surface area contributed by atoms with Gasteiger partial charge in [-0.1, -0.05) is 30.3 Å². The summed E-state index contributed by atoms with van der Waals surface area (Å²) in [5.41, 5.74) is 6.53. The van der Waals surface area contributed by atoms with Gasteiger partial charge < -0.3 is 20.9 Å². The van der Waals surface area contributed by atoms with Gasteiger partial charge >= 0.3 is 0 Å². The van der Waals surface area contributed by atoms with Crippen molar-refractivity contribution < 1.29 is 9.59 Å². The van der Waals surface area contributed by atoms with Gasteiger partial charge in [-0.15, -0.1) is 24.8 Å². The van der Waals surface area contributed by atoms with E-state index in [9.17, 15) is 9.59 Å². The summed E-state index contributed by atoms with van der Waals surface area (Å²) in [5.74, 6) is -0.337. The number of nitrogens with one attached hydrogen (secondary N) is 1. The van der Waals surface area contributed by atoms with Crippen LogP contribution in [0.2, 0.25) is 0 Å². The SMILES string of the molecule is CN(CCN1CCN(C(=O)CNC(=O)CN)CC1)Cc1ccccc1.Cl.Cl. The lowest BCUT2D eigenvalue weighted by Gasteiger charge is -2.35. The highest BCUT2D eigenvalue weighted by Gasteiger charge is 2.21. The van der Waals surface area contributed by atoms with Crippen LogP contribution in [0.1, 0.15) is 5.56 Å². The first kappa shape index (κ1) is 25.6. The number of benzene rings is 1. The molecule has 0 aliphatic carbocycles. The number of amides is 2. The van der Waals surface area contributed by atoms with Crippen molar-refractivity contribution in [1.82, 2.24) is 20.0 Å². The smallest absolute Gasteiger partial charge is 0.242 e. The normalized spacial score (nSPS) is 14.3. The number of hydrogen-bond acceptors (Lipinski definition) is 5. The molecule has 3 N–H and O–H groups in total. The van der Waals surface area contributed by atoms with E-state index in [2.05, 4.69) is 46.4 Å². The number of rotatable bonds is 8. The summed E-state index contributed by atoms with van der Waals surface area (Å²) in [6.45, 7) is 6.04. The number of nitrogens with two attached hydrogens (primary N) is 1. The molecule has 0 saturated carbocycles. The van der Waals surface area contributed by atoms with Crippen molar-refractivity contribution >= 4 is 36.6 Å². The third kappa shape index (κ3) is 9.39. The fraction of sp³-hybridized carbons (Fsp3) is 0.556. The maximum Gasteiger partial charge on any atom is 0.242 e. The van der Waals surface area contributed by atoms with Crippen molar-refractivity contribution in [2.75, 3.05) is 59.4 Å². The van der Waals surface area contributed by atoms with Gasteiger partial charge in [0.05, 0.1) is 13.1 Å². The van der Waals surface area contributed by atoms with Crippen LogP contribution in [0, 0.1) is 0 Å². The number of nitrogens with zero attached hydrogens (tertiary/aromatic N) is 3. The molecule has 27 heavy (non-hydrogen) atoms. The van der Waals surface area contributed by atoms with Crippen molar-refractivity contribution in [1.29, 1.82) is 0 Å². The summed E-state index contributed by atoms with van der Waals surface area (Å²) in [7, 11) is 2.13. The minimum Gasteiger partial charge on any atom is -0.346 e. The van der Waals surface area contributed by atoms with Crippen molar-refractivity contribution in [3.8, 4) is 0 Å². The Labute approximate surface area is 174 Å². The van der Waals surface area contributed by atoms with Gasteiger partial charge in [-0.2, -0.15) is 0 Å². The molecule has 2 amide bonds. The molecule has 9 heteroatoms. The molecular weight excluding hydrogens is 389 g/mol. The van der Waals surface area contributed by atoms with Crippen molar-refractivity contribution in [2.45, 2.75) is 6.54 Å². The van der Waals surface area contributed by atoms with Crippen LogP contribution in [0.5, 0.6) is 0 Å². The lowest BCUT2D eigenvalue weighted by atomic mass is 10.2. The lowest BCUT2D eigenvalue weighted by Crippen LogP contribution is -2.52. The predicted molar refractivity (Wildman–Crippen MR) is 112 cm³/mol. The Hall–Kier alpha value is -1.38. The number of halogens is 2. The average molecular weight is 420 g/mol. The van der Waals surface area contributed by atoms with Gasteiger partial charge in [-0.25, -0.2) is 0 Å². The van der Waals surface area contributed by atoms with Gasteiger partial charge in [0.2, 0.25) is 11.8 Å². The molecule has 154 valence electrons. The van der Waals surface area contributed by atoms with Crippen LogP contribution in [0.15, 0.2) is 30.3 Å². The summed E-state index contributed by atoms with van der Waals surface area (Å²) in [5, 5.41) is 2.53. The van der Waals surface area contributed by atoms with Crippen LogP contribution in [0.25, 0.3) is 0 Å². The number of likely N-dealkylation sites (N-methyl/N-ethyl adjacent to an activating group) is 1. The van der Waals surface area contributed by atoms with Crippen LogP contribution < -0.4 is 11.1 Å². The van der Waals surface area contributed by atoms with E-state index < -0.39 is 0 Å². The van der Waals surface area contributed by atoms with Crippen LogP contribution in [-0.2, 0) is 16.1 Å². The Bertz CT molecular complexity index is 554. The second-order valence-electron chi connectivity index (χ2n) is 6.43. The van der Waals surface area contributed by atoms with Crippen LogP contribution in [-0.4, -0.2) is 85.9 Å². The van der Waals surface area contributed by atoms with Crippen LogP contribution in [0.3, 0.4) is 0 Å². The van der Waals surface area contributed by atoms with E-state index in [1.54, 1.807) is 4.90 Å². The van der Waals surface area contributed by atoms with Crippen molar-refractivity contribution in [3.63, 3.8) is 0 Å². The number of piperazine rings is 1. The third-order valence-electron chi connectivity index (χ3n) is 4.44. The molecule has 1 aliphatic heterocycles. The summed E-state index contributed by atoms with van der Waals surface area (Å²) in [6.07, 6.45) is 0. The first-order valence-electron chi connectivity index (χ1n) is 8.78. The van der Waals surface area contributed by atoms with E-state index in [0.717, 1.165) is 32.7 Å². The minimum absolute atomic E-state index is 0. The molecule has 1 saturated heterocycles. The summed E-state index contributed by atoms with van der Waals surface area (Å²) in [4.78, 5) is 29.6. The lowest BCUT2D eigenvalue weighted by molar-refractivity contribution is -0.134. The monoisotopic (exact) mass is 419 g/mol. The molecule has 0 aromatic heterocycles. The van der Waals surface area contributed by atoms with Crippen molar-refractivity contribution in [2.24, 2.45) is 5.73 Å². The number of hydrogen-bond donors (Lipinski definition) is 2. The van der Waals surface area contributed by atoms with E-state index in [-0.39, 0.29) is 49.7 Å². The average Bonchev–Trinajstić information content (AvgIpc) is 2.65. The Kier molecular flexibility index (Phi) is 13.0. The largest absolute Gasteiger partial charge is 0.346 e. The molecular formula is C18H31Cl2N5O2. The maximum atomic E-state index is 12.0. The second kappa shape index (κ2) is 13.7. The van der Waals surface area contributed by atoms with Gasteiger partial charge in [0.25, 0.3) is 0 Å². The Morgan fingerprint density at radius 2 is 1.74 bits per heavy atom. The maximum absolute atomic E-state index is 12.0. The molecule has 1 fully saturated rings. The first-order chi connectivity index (χ1) is 12.1. The molecule has 0 spiro atoms. The van der Waals surface area contributed by atoms with Gasteiger partial charge in [0.15, 0.2) is 0 Å². The zero-order chi connectivity index (χ0) is 18.1. The van der Waals surface area contributed by atoms with Crippen molar-refractivity contribution in [3.05, 3.63) is 35.9 Å². The molecule has 1 aliphatic rings. The number of carbonyl (C=O) groups excluding carboxylic acids is 2. The van der Waals surface area contributed by atoms with E-state index in [0.29, 0.717) is 13.1 Å². The van der Waals surface area contributed by atoms with E-state index in [1.165, 1.54) is 5.56 Å². The van der Waals surface area contributed by atoms with Gasteiger partial charge in [0.1, 0.15) is 0 Å². The van der Waals surface area contributed by atoms with Gasteiger partial charge in [-0.3, -0.25) is 14.5 Å². The molecule has 1 heterocycles. The predicted octanol–water partition coefficient (Wildman–Crippen LogP) is 0.181. The summed E-state index contributed by atoms with van der Waals surface area (Å²) >= 11 is 0. The van der Waals surface area contributed by atoms with E-state index in [4.69, 9.17) is 5.73 Å². The summed E-state index contributed by atoms with van der Waals surface area (Å²) < 4.78 is 0. The number of carbonyl (C=O) groups is 2. The van der Waals surface area contributed by atoms with Crippen LogP contribution >= 0.6 is 24.8 Å². The third-order valence-corrected chi connectivity index (χ3v) is 4.44. The zero-order valence-corrected chi connectivity index (χ0v) is 17.4. The zero-order valence-electron chi connectivity index (χ0n) is 15.8. The molecule has 0 atom stereocenters. The highest BCUT2D eigenvalue weighted by atomic mass is 35.5. The van der Waals surface area contributed by atoms with Crippen LogP contribution in [0.4, 0.5) is 0 Å². The molecule has 0 bridgehead atoms. The Morgan fingerprint density at radius 1 is 1.11 bits per heavy atom. The summed E-state index contributed by atoms with van der Waals surface area (Å²) in [6, 6.07) is 10.4. The highest BCUT2D eigenvalue weighted by molar-refractivity contribution is 5.86. The molecule has 2 rings (SSSR count). The Balaban J connectivity index is 0.00000338. The minimum atomic E-state index is -0.298. The van der Waals surface area contributed by atoms with E-state index in [1.807, 2.05) is 6.07 Å². The van der Waals surface area contributed by atoms with Gasteiger partial charge in [0, 0.05) is 45.8 Å². The molecule has 1 aromatic carbocycles. The first-order valence-corrected chi connectivity index (χ1v) is 8.78. The molecule has 0 unspecified atom stereocenters. The fourth-order valence-corrected chi connectivity index (χ4v) is 2.87. The molecule has 7 nitrogen and oxygen atoms in total. The quantitative estimate of drug-likeness (QED) is 0.627. The standard InChI is InChI=1S/C18H29N5O2.2ClH/c1-21(15-16-5-3-2-4-6-16)7-8-22-9-11-23(12-10-22)18(25)14-20-17(24)13-19;;/h2-6H,7-15,19H2,1H3,(H,20,24);2*1H. The molecule has 0 radical (unpaired) electrons. The van der Waals surface area contributed by atoms with E-state index >= 15 is 0 Å². The molecule has 1 aromatic rings.